The standard InChI is InChI=1S/C20H22N4O4S2/c1-13-4-7-16(8-5-13)30(26,27)24-20-23-17-9-6-14(11-18(17)29-20)22-19(25)21-12-15-3-2-10-28-15/h4-9,11,15H,2-3,10,12H2,1H3,(H,23,24)(H2,21,22,25)/t15-/m0/s1. The summed E-state index contributed by atoms with van der Waals surface area (Å²) in [6.07, 6.45) is 2.05. The van der Waals surface area contributed by atoms with Crippen LogP contribution in [-0.4, -0.2) is 38.7 Å². The summed E-state index contributed by atoms with van der Waals surface area (Å²) in [5, 5.41) is 5.85. The smallest absolute Gasteiger partial charge is 0.319 e. The predicted octanol–water partition coefficient (Wildman–Crippen LogP) is 3.71. The number of sulfonamides is 1. The molecule has 1 aliphatic heterocycles. The van der Waals surface area contributed by atoms with Crippen LogP contribution in [0.3, 0.4) is 0 Å². The second kappa shape index (κ2) is 8.58. The van der Waals surface area contributed by atoms with Gasteiger partial charge in [-0.25, -0.2) is 18.2 Å². The molecule has 3 N–H and O–H groups in total. The molecule has 3 aromatic rings. The summed E-state index contributed by atoms with van der Waals surface area (Å²) >= 11 is 1.20. The van der Waals surface area contributed by atoms with Crippen LogP contribution in [0.15, 0.2) is 47.4 Å². The van der Waals surface area contributed by atoms with Gasteiger partial charge in [-0.1, -0.05) is 29.0 Å². The normalized spacial score (nSPS) is 16.5. The average molecular weight is 447 g/mol. The molecule has 8 nitrogen and oxygen atoms in total. The van der Waals surface area contributed by atoms with E-state index in [2.05, 4.69) is 20.3 Å². The summed E-state index contributed by atoms with van der Waals surface area (Å²) in [5.41, 5.74) is 2.23. The van der Waals surface area contributed by atoms with Crippen LogP contribution in [0.2, 0.25) is 0 Å². The third-order valence-corrected chi connectivity index (χ3v) is 7.13. The highest BCUT2D eigenvalue weighted by Crippen LogP contribution is 2.30. The van der Waals surface area contributed by atoms with Crippen molar-refractivity contribution in [1.29, 1.82) is 0 Å². The lowest BCUT2D eigenvalue weighted by Gasteiger charge is -2.11. The molecule has 0 saturated carbocycles. The third kappa shape index (κ3) is 4.89. The van der Waals surface area contributed by atoms with Crippen LogP contribution in [0.5, 0.6) is 0 Å². The van der Waals surface area contributed by atoms with Crippen molar-refractivity contribution >= 4 is 48.4 Å². The van der Waals surface area contributed by atoms with Crippen molar-refractivity contribution in [3.8, 4) is 0 Å². The first-order chi connectivity index (χ1) is 14.4. The molecule has 1 aliphatic rings. The highest BCUT2D eigenvalue weighted by molar-refractivity contribution is 7.93. The van der Waals surface area contributed by atoms with E-state index in [1.165, 1.54) is 11.3 Å². The summed E-state index contributed by atoms with van der Waals surface area (Å²) in [6.45, 7) is 3.11. The molecular formula is C20H22N4O4S2. The number of aryl methyl sites for hydroxylation is 1. The van der Waals surface area contributed by atoms with Crippen LogP contribution in [0, 0.1) is 6.92 Å². The maximum absolute atomic E-state index is 12.6. The summed E-state index contributed by atoms with van der Waals surface area (Å²) in [5.74, 6) is 0. The molecule has 2 heterocycles. The molecular weight excluding hydrogens is 424 g/mol. The molecule has 1 saturated heterocycles. The molecule has 0 aliphatic carbocycles. The number of anilines is 2. The molecule has 158 valence electrons. The fourth-order valence-electron chi connectivity index (χ4n) is 3.12. The van der Waals surface area contributed by atoms with Crippen LogP contribution in [0.25, 0.3) is 10.2 Å². The summed E-state index contributed by atoms with van der Waals surface area (Å²) in [4.78, 5) is 16.6. The van der Waals surface area contributed by atoms with E-state index in [1.54, 1.807) is 42.5 Å². The van der Waals surface area contributed by atoms with Crippen LogP contribution >= 0.6 is 11.3 Å². The zero-order valence-electron chi connectivity index (χ0n) is 16.3. The van der Waals surface area contributed by atoms with Gasteiger partial charge in [0, 0.05) is 18.8 Å². The van der Waals surface area contributed by atoms with Gasteiger partial charge in [0.05, 0.1) is 21.2 Å². The minimum atomic E-state index is -3.72. The Labute approximate surface area is 178 Å². The largest absolute Gasteiger partial charge is 0.376 e. The Hall–Kier alpha value is -2.69. The van der Waals surface area contributed by atoms with Gasteiger partial charge in [-0.05, 0) is 50.1 Å². The third-order valence-electron chi connectivity index (χ3n) is 4.71. The van der Waals surface area contributed by atoms with Gasteiger partial charge in [0.2, 0.25) is 0 Å². The number of carbonyl (C=O) groups is 1. The number of benzene rings is 2. The van der Waals surface area contributed by atoms with Crippen molar-refractivity contribution in [3.05, 3.63) is 48.0 Å². The molecule has 10 heteroatoms. The van der Waals surface area contributed by atoms with Gasteiger partial charge >= 0.3 is 6.03 Å². The summed E-state index contributed by atoms with van der Waals surface area (Å²) in [6, 6.07) is 11.5. The van der Waals surface area contributed by atoms with Crippen molar-refractivity contribution in [2.75, 3.05) is 23.2 Å². The second-order valence-corrected chi connectivity index (χ2v) is 9.80. The SMILES string of the molecule is Cc1ccc(S(=O)(=O)Nc2nc3ccc(NC(=O)NC[C@@H]4CCCO4)cc3s2)cc1. The Morgan fingerprint density at radius 3 is 2.77 bits per heavy atom. The maximum Gasteiger partial charge on any atom is 0.319 e. The lowest BCUT2D eigenvalue weighted by Crippen LogP contribution is -2.34. The maximum atomic E-state index is 12.6. The highest BCUT2D eigenvalue weighted by Gasteiger charge is 2.18. The Bertz CT molecular complexity index is 1150. The Morgan fingerprint density at radius 1 is 1.23 bits per heavy atom. The van der Waals surface area contributed by atoms with E-state index in [-0.39, 0.29) is 22.2 Å². The van der Waals surface area contributed by atoms with Crippen molar-refractivity contribution in [2.45, 2.75) is 30.8 Å². The van der Waals surface area contributed by atoms with E-state index < -0.39 is 10.0 Å². The van der Waals surface area contributed by atoms with Gasteiger partial charge in [0.25, 0.3) is 10.0 Å². The van der Waals surface area contributed by atoms with Gasteiger partial charge in [-0.2, -0.15) is 0 Å². The van der Waals surface area contributed by atoms with Crippen molar-refractivity contribution in [2.24, 2.45) is 0 Å². The number of ether oxygens (including phenoxy) is 1. The molecule has 4 rings (SSSR count). The Kier molecular flexibility index (Phi) is 5.89. The number of hydrogen-bond acceptors (Lipinski definition) is 6. The molecule has 0 radical (unpaired) electrons. The molecule has 1 aromatic heterocycles. The van der Waals surface area contributed by atoms with Gasteiger partial charge in [0.15, 0.2) is 5.13 Å². The fraction of sp³-hybridized carbons (Fsp3) is 0.300. The molecule has 1 fully saturated rings. The van der Waals surface area contributed by atoms with Crippen LogP contribution in [0.1, 0.15) is 18.4 Å². The number of thiazole rings is 1. The molecule has 0 unspecified atom stereocenters. The number of aromatic nitrogens is 1. The van der Waals surface area contributed by atoms with E-state index in [4.69, 9.17) is 4.74 Å². The van der Waals surface area contributed by atoms with Crippen LogP contribution < -0.4 is 15.4 Å². The highest BCUT2D eigenvalue weighted by atomic mass is 32.2. The number of urea groups is 1. The summed E-state index contributed by atoms with van der Waals surface area (Å²) < 4.78 is 33.9. The number of carbonyl (C=O) groups excluding carboxylic acids is 1. The van der Waals surface area contributed by atoms with E-state index in [0.717, 1.165) is 29.7 Å². The first kappa shape index (κ1) is 20.6. The Balaban J connectivity index is 1.43. The first-order valence-corrected chi connectivity index (χ1v) is 11.9. The molecule has 0 spiro atoms. The lowest BCUT2D eigenvalue weighted by atomic mass is 10.2. The number of nitrogens with one attached hydrogen (secondary N) is 3. The number of fused-ring (bicyclic) bond motifs is 1. The average Bonchev–Trinajstić information content (AvgIpc) is 3.35. The Morgan fingerprint density at radius 2 is 2.03 bits per heavy atom. The zero-order chi connectivity index (χ0) is 21.1. The molecule has 30 heavy (non-hydrogen) atoms. The monoisotopic (exact) mass is 446 g/mol. The number of hydrogen-bond donors (Lipinski definition) is 3. The van der Waals surface area contributed by atoms with E-state index in [9.17, 15) is 13.2 Å². The van der Waals surface area contributed by atoms with Crippen LogP contribution in [-0.2, 0) is 14.8 Å². The van der Waals surface area contributed by atoms with E-state index in [1.807, 2.05) is 6.92 Å². The van der Waals surface area contributed by atoms with Gasteiger partial charge < -0.3 is 15.4 Å². The van der Waals surface area contributed by atoms with E-state index >= 15 is 0 Å². The molecule has 1 atom stereocenters. The predicted molar refractivity (Wildman–Crippen MR) is 118 cm³/mol. The summed E-state index contributed by atoms with van der Waals surface area (Å²) in [7, 11) is -3.72. The molecule has 0 bridgehead atoms. The minimum absolute atomic E-state index is 0.0730. The van der Waals surface area contributed by atoms with Gasteiger partial charge in [0.1, 0.15) is 0 Å². The fourth-order valence-corrected chi connectivity index (χ4v) is 5.26. The number of rotatable bonds is 6. The quantitative estimate of drug-likeness (QED) is 0.535. The zero-order valence-corrected chi connectivity index (χ0v) is 18.0. The first-order valence-electron chi connectivity index (χ1n) is 9.55. The van der Waals surface area contributed by atoms with Crippen molar-refractivity contribution in [3.63, 3.8) is 0 Å². The minimum Gasteiger partial charge on any atom is -0.376 e. The van der Waals surface area contributed by atoms with Gasteiger partial charge in [-0.15, -0.1) is 0 Å². The molecule has 2 aromatic carbocycles. The van der Waals surface area contributed by atoms with E-state index in [0.29, 0.717) is 17.7 Å². The van der Waals surface area contributed by atoms with Crippen LogP contribution in [0.4, 0.5) is 15.6 Å². The number of nitrogens with zero attached hydrogens (tertiary/aromatic N) is 1. The second-order valence-electron chi connectivity index (χ2n) is 7.09. The van der Waals surface area contributed by atoms with Crippen molar-refractivity contribution in [1.82, 2.24) is 10.3 Å². The lowest BCUT2D eigenvalue weighted by molar-refractivity contribution is 0.112. The molecule has 2 amide bonds. The van der Waals surface area contributed by atoms with Crippen molar-refractivity contribution < 1.29 is 17.9 Å². The number of amides is 2. The topological polar surface area (TPSA) is 109 Å². The van der Waals surface area contributed by atoms with Gasteiger partial charge in [-0.3, -0.25) is 4.72 Å².